The van der Waals surface area contributed by atoms with Crippen molar-refractivity contribution in [3.05, 3.63) is 26.7 Å². The zero-order valence-electron chi connectivity index (χ0n) is 16.5. The Hall–Kier alpha value is -1.93. The average Bonchev–Trinajstić information content (AvgIpc) is 2.96. The first kappa shape index (κ1) is 18.8. The summed E-state index contributed by atoms with van der Waals surface area (Å²) in [7, 11) is 5.35. The second-order valence-corrected chi connectivity index (χ2v) is 7.82. The molecular formula is C18H30N6O2. The van der Waals surface area contributed by atoms with Crippen LogP contribution in [0, 0.1) is 5.92 Å². The summed E-state index contributed by atoms with van der Waals surface area (Å²) in [5.74, 6) is 1.41. The highest BCUT2D eigenvalue weighted by atomic mass is 16.2. The van der Waals surface area contributed by atoms with Gasteiger partial charge in [-0.2, -0.15) is 0 Å². The van der Waals surface area contributed by atoms with Crippen molar-refractivity contribution >= 4 is 11.2 Å². The van der Waals surface area contributed by atoms with Crippen molar-refractivity contribution in [1.29, 1.82) is 0 Å². The summed E-state index contributed by atoms with van der Waals surface area (Å²) in [6, 6.07) is 0. The van der Waals surface area contributed by atoms with Crippen molar-refractivity contribution in [2.45, 2.75) is 33.4 Å². The fourth-order valence-electron chi connectivity index (χ4n) is 3.45. The van der Waals surface area contributed by atoms with Crippen molar-refractivity contribution in [2.24, 2.45) is 20.0 Å². The van der Waals surface area contributed by atoms with E-state index in [0.29, 0.717) is 23.6 Å². The number of hydrogen-bond acceptors (Lipinski definition) is 5. The molecule has 0 bridgehead atoms. The number of piperazine rings is 1. The lowest BCUT2D eigenvalue weighted by molar-refractivity contribution is 0.144. The average molecular weight is 362 g/mol. The highest BCUT2D eigenvalue weighted by Crippen LogP contribution is 2.16. The Kier molecular flexibility index (Phi) is 5.34. The van der Waals surface area contributed by atoms with Crippen molar-refractivity contribution in [3.8, 4) is 0 Å². The lowest BCUT2D eigenvalue weighted by Crippen LogP contribution is -2.44. The topological polar surface area (TPSA) is 68.3 Å². The molecule has 0 aliphatic carbocycles. The van der Waals surface area contributed by atoms with Gasteiger partial charge in [0, 0.05) is 46.8 Å². The molecule has 3 heterocycles. The standard InChI is InChI=1S/C18H30N6O2/c1-13(2)6-7-24-14(12-23-10-8-20(3)9-11-23)19-16-15(24)17(25)22(5)18(26)21(16)4/h13H,6-12H2,1-5H3. The van der Waals surface area contributed by atoms with E-state index in [1.807, 2.05) is 4.57 Å². The normalized spacial score (nSPS) is 16.8. The number of likely N-dealkylation sites (N-methyl/N-ethyl adjacent to an activating group) is 1. The number of rotatable bonds is 5. The second-order valence-electron chi connectivity index (χ2n) is 7.82. The summed E-state index contributed by atoms with van der Waals surface area (Å²) in [6.07, 6.45) is 0.965. The van der Waals surface area contributed by atoms with Gasteiger partial charge in [0.15, 0.2) is 11.2 Å². The molecular weight excluding hydrogens is 332 g/mol. The Labute approximate surface area is 153 Å². The predicted octanol–water partition coefficient (Wildman–Crippen LogP) is 0.227. The van der Waals surface area contributed by atoms with Crippen LogP contribution in [0.5, 0.6) is 0 Å². The molecule has 8 heteroatoms. The molecule has 2 aromatic heterocycles. The van der Waals surface area contributed by atoms with Crippen molar-refractivity contribution in [1.82, 2.24) is 28.5 Å². The molecule has 2 aromatic rings. The highest BCUT2D eigenvalue weighted by molar-refractivity contribution is 5.71. The molecule has 26 heavy (non-hydrogen) atoms. The fraction of sp³-hybridized carbons (Fsp3) is 0.722. The van der Waals surface area contributed by atoms with Crippen LogP contribution in [-0.2, 0) is 27.2 Å². The maximum Gasteiger partial charge on any atom is 0.332 e. The maximum atomic E-state index is 12.8. The largest absolute Gasteiger partial charge is 0.332 e. The first-order valence-corrected chi connectivity index (χ1v) is 9.35. The second kappa shape index (κ2) is 7.36. The Bertz CT molecular complexity index is 899. The lowest BCUT2D eigenvalue weighted by atomic mass is 10.1. The van der Waals surface area contributed by atoms with Crippen molar-refractivity contribution in [3.63, 3.8) is 0 Å². The molecule has 0 radical (unpaired) electrons. The lowest BCUT2D eigenvalue weighted by Gasteiger charge is -2.32. The third-order valence-corrected chi connectivity index (χ3v) is 5.32. The van der Waals surface area contributed by atoms with E-state index in [4.69, 9.17) is 4.98 Å². The molecule has 0 atom stereocenters. The van der Waals surface area contributed by atoms with Crippen LogP contribution in [-0.4, -0.2) is 61.7 Å². The van der Waals surface area contributed by atoms with Crippen LogP contribution in [0.4, 0.5) is 0 Å². The van der Waals surface area contributed by atoms with E-state index in [1.54, 1.807) is 7.05 Å². The van der Waals surface area contributed by atoms with Gasteiger partial charge in [-0.3, -0.25) is 18.8 Å². The van der Waals surface area contributed by atoms with Crippen molar-refractivity contribution in [2.75, 3.05) is 33.2 Å². The van der Waals surface area contributed by atoms with Crippen molar-refractivity contribution < 1.29 is 0 Å². The monoisotopic (exact) mass is 362 g/mol. The summed E-state index contributed by atoms with van der Waals surface area (Å²) in [6.45, 7) is 9.84. The van der Waals surface area contributed by atoms with E-state index in [1.165, 1.54) is 16.2 Å². The molecule has 0 unspecified atom stereocenters. The van der Waals surface area contributed by atoms with Crippen LogP contribution in [0.1, 0.15) is 26.1 Å². The summed E-state index contributed by atoms with van der Waals surface area (Å²) in [5.41, 5.74) is 0.441. The van der Waals surface area contributed by atoms with Gasteiger partial charge in [-0.25, -0.2) is 9.78 Å². The van der Waals surface area contributed by atoms with E-state index < -0.39 is 0 Å². The molecule has 0 N–H and O–H groups in total. The highest BCUT2D eigenvalue weighted by Gasteiger charge is 2.22. The van der Waals surface area contributed by atoms with E-state index in [0.717, 1.165) is 45.0 Å². The molecule has 0 saturated carbocycles. The van der Waals surface area contributed by atoms with Gasteiger partial charge in [0.25, 0.3) is 5.56 Å². The minimum atomic E-state index is -0.331. The maximum absolute atomic E-state index is 12.8. The van der Waals surface area contributed by atoms with E-state index >= 15 is 0 Å². The third-order valence-electron chi connectivity index (χ3n) is 5.32. The van der Waals surface area contributed by atoms with Gasteiger partial charge in [0.05, 0.1) is 6.54 Å². The summed E-state index contributed by atoms with van der Waals surface area (Å²) >= 11 is 0. The summed E-state index contributed by atoms with van der Waals surface area (Å²) in [4.78, 5) is 34.5. The summed E-state index contributed by atoms with van der Waals surface area (Å²) < 4.78 is 4.70. The van der Waals surface area contributed by atoms with Gasteiger partial charge in [0.1, 0.15) is 5.82 Å². The quantitative estimate of drug-likeness (QED) is 0.762. The first-order chi connectivity index (χ1) is 12.3. The molecule has 0 spiro atoms. The van der Waals surface area contributed by atoms with E-state index in [2.05, 4.69) is 30.7 Å². The zero-order valence-corrected chi connectivity index (χ0v) is 16.5. The van der Waals surface area contributed by atoms with Crippen LogP contribution in [0.25, 0.3) is 11.2 Å². The predicted molar refractivity (Wildman–Crippen MR) is 102 cm³/mol. The molecule has 1 fully saturated rings. The molecule has 0 amide bonds. The fourth-order valence-corrected chi connectivity index (χ4v) is 3.45. The van der Waals surface area contributed by atoms with Gasteiger partial charge in [-0.05, 0) is 19.4 Å². The van der Waals surface area contributed by atoms with E-state index in [9.17, 15) is 9.59 Å². The van der Waals surface area contributed by atoms with Gasteiger partial charge in [-0.1, -0.05) is 13.8 Å². The first-order valence-electron chi connectivity index (χ1n) is 9.35. The van der Waals surface area contributed by atoms with Gasteiger partial charge in [0.2, 0.25) is 0 Å². The molecule has 1 saturated heterocycles. The third kappa shape index (κ3) is 3.48. The number of aryl methyl sites for hydroxylation is 2. The molecule has 1 aliphatic heterocycles. The van der Waals surface area contributed by atoms with Gasteiger partial charge in [-0.15, -0.1) is 0 Å². The van der Waals surface area contributed by atoms with Crippen LogP contribution < -0.4 is 11.2 Å². The molecule has 8 nitrogen and oxygen atoms in total. The minimum absolute atomic E-state index is 0.260. The van der Waals surface area contributed by atoms with Crippen LogP contribution in [0.2, 0.25) is 0 Å². The SMILES string of the molecule is CC(C)CCn1c(CN2CCN(C)CC2)nc2c1c(=O)n(C)c(=O)n2C. The molecule has 3 rings (SSSR count). The molecule has 1 aliphatic rings. The Morgan fingerprint density at radius 1 is 1.00 bits per heavy atom. The number of aromatic nitrogens is 4. The molecule has 0 aromatic carbocycles. The Morgan fingerprint density at radius 3 is 2.27 bits per heavy atom. The number of fused-ring (bicyclic) bond motifs is 1. The van der Waals surface area contributed by atoms with E-state index in [-0.39, 0.29) is 11.2 Å². The Balaban J connectivity index is 2.07. The smallest absolute Gasteiger partial charge is 0.321 e. The minimum Gasteiger partial charge on any atom is -0.321 e. The van der Waals surface area contributed by atoms with Crippen LogP contribution in [0.3, 0.4) is 0 Å². The van der Waals surface area contributed by atoms with Crippen LogP contribution >= 0.6 is 0 Å². The van der Waals surface area contributed by atoms with Gasteiger partial charge >= 0.3 is 5.69 Å². The number of hydrogen-bond donors (Lipinski definition) is 0. The van der Waals surface area contributed by atoms with Crippen LogP contribution in [0.15, 0.2) is 9.59 Å². The number of imidazole rings is 1. The van der Waals surface area contributed by atoms with Gasteiger partial charge < -0.3 is 9.47 Å². The summed E-state index contributed by atoms with van der Waals surface area (Å²) in [5, 5.41) is 0. The Morgan fingerprint density at radius 2 is 1.65 bits per heavy atom. The molecule has 144 valence electrons. The number of nitrogens with zero attached hydrogens (tertiary/aromatic N) is 6. The zero-order chi connectivity index (χ0) is 19.0.